The largest absolute Gasteiger partial charge is 0.317 e. The lowest BCUT2D eigenvalue weighted by molar-refractivity contribution is 0.478. The van der Waals surface area contributed by atoms with Crippen LogP contribution in [0.5, 0.6) is 0 Å². The maximum absolute atomic E-state index is 3.41. The molecule has 0 heterocycles. The van der Waals surface area contributed by atoms with E-state index in [-0.39, 0.29) is 0 Å². The van der Waals surface area contributed by atoms with Crippen molar-refractivity contribution >= 4 is 0 Å². The van der Waals surface area contributed by atoms with Crippen LogP contribution in [0.1, 0.15) is 33.1 Å². The first kappa shape index (κ1) is 8.06. The van der Waals surface area contributed by atoms with Crippen LogP contribution in [0.2, 0.25) is 0 Å². The Balaban J connectivity index is 2.06. The van der Waals surface area contributed by atoms with Gasteiger partial charge in [0.2, 0.25) is 0 Å². The summed E-state index contributed by atoms with van der Waals surface area (Å²) in [4.78, 5) is 0. The lowest BCUT2D eigenvalue weighted by Gasteiger charge is -2.08. The molecule has 2 unspecified atom stereocenters. The molecule has 0 amide bonds. The molecule has 1 fully saturated rings. The summed E-state index contributed by atoms with van der Waals surface area (Å²) in [5, 5.41) is 3.41. The average Bonchev–Trinajstić information content (AvgIpc) is 2.31. The quantitative estimate of drug-likeness (QED) is 0.634. The third-order valence-electron chi connectivity index (χ3n) is 2.49. The summed E-state index contributed by atoms with van der Waals surface area (Å²) in [6.45, 7) is 6.93. The predicted octanol–water partition coefficient (Wildman–Crippen LogP) is 2.03. The molecule has 0 aromatic carbocycles. The normalized spacial score (nSPS) is 33.0. The zero-order valence-corrected chi connectivity index (χ0v) is 7.19. The maximum Gasteiger partial charge on any atom is -0.00205 e. The first-order chi connectivity index (χ1) is 4.83. The topological polar surface area (TPSA) is 12.0 Å². The van der Waals surface area contributed by atoms with Crippen LogP contribution < -0.4 is 5.32 Å². The Kier molecular flexibility index (Phi) is 3.20. The van der Waals surface area contributed by atoms with Crippen LogP contribution in [0, 0.1) is 11.8 Å². The van der Waals surface area contributed by atoms with E-state index in [2.05, 4.69) is 19.2 Å². The average molecular weight is 141 g/mol. The third kappa shape index (κ3) is 2.30. The Morgan fingerprint density at radius 3 is 2.70 bits per heavy atom. The molecule has 0 aromatic heterocycles. The Morgan fingerprint density at radius 2 is 2.20 bits per heavy atom. The fraction of sp³-hybridized carbons (Fsp3) is 1.00. The van der Waals surface area contributed by atoms with Gasteiger partial charge in [-0.15, -0.1) is 0 Å². The van der Waals surface area contributed by atoms with Gasteiger partial charge < -0.3 is 5.32 Å². The minimum Gasteiger partial charge on any atom is -0.317 e. The lowest BCUT2D eigenvalue weighted by atomic mass is 10.1. The van der Waals surface area contributed by atoms with E-state index in [0.29, 0.717) is 0 Å². The van der Waals surface area contributed by atoms with E-state index in [1.807, 2.05) is 0 Å². The molecular formula is C9H19N. The van der Waals surface area contributed by atoms with E-state index < -0.39 is 0 Å². The van der Waals surface area contributed by atoms with Crippen molar-refractivity contribution in [3.05, 3.63) is 0 Å². The molecule has 1 aliphatic rings. The van der Waals surface area contributed by atoms with Crippen molar-refractivity contribution in [2.75, 3.05) is 13.1 Å². The highest BCUT2D eigenvalue weighted by Gasteiger charge is 2.19. The van der Waals surface area contributed by atoms with E-state index in [9.17, 15) is 0 Å². The van der Waals surface area contributed by atoms with Crippen LogP contribution in [0.15, 0.2) is 0 Å². The van der Waals surface area contributed by atoms with Crippen molar-refractivity contribution in [1.29, 1.82) is 0 Å². The molecule has 1 saturated carbocycles. The van der Waals surface area contributed by atoms with Gasteiger partial charge in [0.1, 0.15) is 0 Å². The van der Waals surface area contributed by atoms with Crippen molar-refractivity contribution < 1.29 is 0 Å². The summed E-state index contributed by atoms with van der Waals surface area (Å²) < 4.78 is 0. The maximum atomic E-state index is 3.41. The van der Waals surface area contributed by atoms with Gasteiger partial charge in [-0.2, -0.15) is 0 Å². The van der Waals surface area contributed by atoms with E-state index in [1.165, 1.54) is 25.8 Å². The summed E-state index contributed by atoms with van der Waals surface area (Å²) in [6, 6.07) is 0. The molecule has 0 spiro atoms. The fourth-order valence-corrected chi connectivity index (χ4v) is 1.86. The van der Waals surface area contributed by atoms with E-state index in [0.717, 1.165) is 18.4 Å². The van der Waals surface area contributed by atoms with Crippen molar-refractivity contribution in [2.24, 2.45) is 11.8 Å². The predicted molar refractivity (Wildman–Crippen MR) is 45.0 cm³/mol. The molecular weight excluding hydrogens is 122 g/mol. The zero-order valence-electron chi connectivity index (χ0n) is 7.19. The minimum absolute atomic E-state index is 0.981. The first-order valence-electron chi connectivity index (χ1n) is 4.53. The Morgan fingerprint density at radius 1 is 1.40 bits per heavy atom. The summed E-state index contributed by atoms with van der Waals surface area (Å²) in [7, 11) is 0. The highest BCUT2D eigenvalue weighted by molar-refractivity contribution is 4.73. The summed E-state index contributed by atoms with van der Waals surface area (Å²) in [5.41, 5.74) is 0. The molecule has 0 radical (unpaired) electrons. The summed E-state index contributed by atoms with van der Waals surface area (Å²) in [5.74, 6) is 1.97. The Bertz CT molecular complexity index is 90.7. The number of hydrogen-bond acceptors (Lipinski definition) is 1. The number of hydrogen-bond donors (Lipinski definition) is 1. The molecule has 0 saturated heterocycles. The molecule has 1 aliphatic carbocycles. The van der Waals surface area contributed by atoms with Gasteiger partial charge in [-0.1, -0.05) is 20.3 Å². The molecule has 0 bridgehead atoms. The lowest BCUT2D eigenvalue weighted by Crippen LogP contribution is -2.20. The molecule has 2 atom stereocenters. The van der Waals surface area contributed by atoms with Gasteiger partial charge in [-0.05, 0) is 37.8 Å². The zero-order chi connectivity index (χ0) is 7.40. The van der Waals surface area contributed by atoms with E-state index >= 15 is 0 Å². The van der Waals surface area contributed by atoms with Crippen LogP contribution >= 0.6 is 0 Å². The van der Waals surface area contributed by atoms with Gasteiger partial charge in [-0.3, -0.25) is 0 Å². The van der Waals surface area contributed by atoms with Gasteiger partial charge in [0, 0.05) is 0 Å². The Labute approximate surface area is 64.2 Å². The van der Waals surface area contributed by atoms with Gasteiger partial charge in [-0.25, -0.2) is 0 Å². The molecule has 10 heavy (non-hydrogen) atoms. The Hall–Kier alpha value is -0.0400. The van der Waals surface area contributed by atoms with Crippen molar-refractivity contribution in [2.45, 2.75) is 33.1 Å². The molecule has 1 heteroatoms. The van der Waals surface area contributed by atoms with Crippen LogP contribution in [0.25, 0.3) is 0 Å². The van der Waals surface area contributed by atoms with Crippen molar-refractivity contribution in [3.8, 4) is 0 Å². The summed E-state index contributed by atoms with van der Waals surface area (Å²) >= 11 is 0. The number of rotatable bonds is 3. The SMILES string of the molecule is CCNCC1CCC(C)C1. The molecule has 1 nitrogen and oxygen atoms in total. The highest BCUT2D eigenvalue weighted by Crippen LogP contribution is 2.29. The first-order valence-corrected chi connectivity index (χ1v) is 4.53. The van der Waals surface area contributed by atoms with Gasteiger partial charge in [0.05, 0.1) is 0 Å². The van der Waals surface area contributed by atoms with Gasteiger partial charge in [0.15, 0.2) is 0 Å². The second-order valence-electron chi connectivity index (χ2n) is 3.59. The van der Waals surface area contributed by atoms with Crippen LogP contribution in [-0.4, -0.2) is 13.1 Å². The molecule has 1 rings (SSSR count). The second-order valence-corrected chi connectivity index (χ2v) is 3.59. The van der Waals surface area contributed by atoms with Gasteiger partial charge >= 0.3 is 0 Å². The van der Waals surface area contributed by atoms with Crippen molar-refractivity contribution in [3.63, 3.8) is 0 Å². The number of nitrogens with one attached hydrogen (secondary N) is 1. The minimum atomic E-state index is 0.981. The van der Waals surface area contributed by atoms with Crippen LogP contribution in [0.3, 0.4) is 0 Å². The molecule has 0 aromatic rings. The molecule has 0 aliphatic heterocycles. The smallest absolute Gasteiger partial charge is 0.00205 e. The van der Waals surface area contributed by atoms with Crippen LogP contribution in [0.4, 0.5) is 0 Å². The van der Waals surface area contributed by atoms with Crippen molar-refractivity contribution in [1.82, 2.24) is 5.32 Å². The fourth-order valence-electron chi connectivity index (χ4n) is 1.86. The van der Waals surface area contributed by atoms with Gasteiger partial charge in [0.25, 0.3) is 0 Å². The highest BCUT2D eigenvalue weighted by atomic mass is 14.8. The third-order valence-corrected chi connectivity index (χ3v) is 2.49. The molecule has 60 valence electrons. The second kappa shape index (κ2) is 3.97. The van der Waals surface area contributed by atoms with E-state index in [1.54, 1.807) is 0 Å². The summed E-state index contributed by atoms with van der Waals surface area (Å²) in [6.07, 6.45) is 4.36. The monoisotopic (exact) mass is 141 g/mol. The standard InChI is InChI=1S/C9H19N/c1-3-10-7-9-5-4-8(2)6-9/h8-10H,3-7H2,1-2H3. The van der Waals surface area contributed by atoms with Crippen LogP contribution in [-0.2, 0) is 0 Å². The molecule has 1 N–H and O–H groups in total. The van der Waals surface area contributed by atoms with E-state index in [4.69, 9.17) is 0 Å².